The molecule has 1 aliphatic heterocycles. The average Bonchev–Trinajstić information content (AvgIpc) is 3.21. The molecule has 8 heteroatoms. The second-order valence-corrected chi connectivity index (χ2v) is 9.67. The van der Waals surface area contributed by atoms with Gasteiger partial charge in [-0.25, -0.2) is 0 Å². The number of nitrogens with zero attached hydrogens (tertiary/aromatic N) is 1. The summed E-state index contributed by atoms with van der Waals surface area (Å²) < 4.78 is 22.0. The van der Waals surface area contributed by atoms with Gasteiger partial charge in [-0.3, -0.25) is 9.59 Å². The fourth-order valence-corrected chi connectivity index (χ4v) is 4.60. The van der Waals surface area contributed by atoms with Crippen LogP contribution in [0.4, 0.5) is 0 Å². The third-order valence-corrected chi connectivity index (χ3v) is 6.58. The van der Waals surface area contributed by atoms with E-state index in [-0.39, 0.29) is 6.54 Å². The molecular weight excluding hydrogens is 498 g/mol. The molecule has 3 aromatic rings. The van der Waals surface area contributed by atoms with Crippen LogP contribution < -0.4 is 18.9 Å². The first kappa shape index (κ1) is 27.6. The van der Waals surface area contributed by atoms with Crippen LogP contribution in [-0.2, 0) is 16.9 Å². The molecule has 8 nitrogen and oxygen atoms in total. The number of hydrogen-bond acceptors (Lipinski definition) is 7. The maximum absolute atomic E-state index is 14.4. The van der Waals surface area contributed by atoms with Crippen molar-refractivity contribution in [1.82, 2.24) is 4.90 Å². The first-order valence-corrected chi connectivity index (χ1v) is 12.6. The van der Waals surface area contributed by atoms with Gasteiger partial charge in [-0.15, -0.1) is 0 Å². The third kappa shape index (κ3) is 5.41. The summed E-state index contributed by atoms with van der Waals surface area (Å²) in [5.74, 6) is 0.857. The van der Waals surface area contributed by atoms with Crippen LogP contribution in [0.15, 0.2) is 78.6 Å². The van der Waals surface area contributed by atoms with Gasteiger partial charge in [0.05, 0.1) is 27.9 Å². The Labute approximate surface area is 228 Å². The number of ketones is 1. The smallest absolute Gasteiger partial charge is 0.290 e. The van der Waals surface area contributed by atoms with Gasteiger partial charge < -0.3 is 29.0 Å². The molecule has 1 heterocycles. The van der Waals surface area contributed by atoms with Crippen LogP contribution in [0.2, 0.25) is 0 Å². The van der Waals surface area contributed by atoms with Gasteiger partial charge in [-0.1, -0.05) is 32.0 Å². The molecule has 0 spiro atoms. The van der Waals surface area contributed by atoms with E-state index in [1.54, 1.807) is 67.8 Å². The first-order valence-electron chi connectivity index (χ1n) is 12.6. The van der Waals surface area contributed by atoms with Gasteiger partial charge in [0.2, 0.25) is 0 Å². The number of amides is 1. The van der Waals surface area contributed by atoms with Gasteiger partial charge in [0.25, 0.3) is 5.91 Å². The van der Waals surface area contributed by atoms with Crippen molar-refractivity contribution in [3.05, 3.63) is 95.3 Å². The summed E-state index contributed by atoms with van der Waals surface area (Å²) in [5.41, 5.74) is -0.160. The predicted molar refractivity (Wildman–Crippen MR) is 147 cm³/mol. The first-order chi connectivity index (χ1) is 18.7. The number of rotatable bonds is 11. The highest BCUT2D eigenvalue weighted by molar-refractivity contribution is 6.11. The topological polar surface area (TPSA) is 94.5 Å². The van der Waals surface area contributed by atoms with Crippen LogP contribution in [0.5, 0.6) is 23.0 Å². The Balaban J connectivity index is 1.85. The molecule has 0 aromatic heterocycles. The summed E-state index contributed by atoms with van der Waals surface area (Å²) in [7, 11) is 4.56. The van der Waals surface area contributed by atoms with E-state index in [1.807, 2.05) is 6.07 Å². The molecule has 0 fully saturated rings. The van der Waals surface area contributed by atoms with E-state index < -0.39 is 23.0 Å². The summed E-state index contributed by atoms with van der Waals surface area (Å²) in [6.07, 6.45) is 1.31. The predicted octanol–water partition coefficient (Wildman–Crippen LogP) is 5.31. The lowest BCUT2D eigenvalue weighted by molar-refractivity contribution is -0.131. The molecule has 0 aliphatic carbocycles. The van der Waals surface area contributed by atoms with Crippen LogP contribution in [0, 0.1) is 5.92 Å². The van der Waals surface area contributed by atoms with E-state index in [0.29, 0.717) is 46.6 Å². The molecule has 204 valence electrons. The Morgan fingerprint density at radius 3 is 2.26 bits per heavy atom. The molecule has 0 radical (unpaired) electrons. The van der Waals surface area contributed by atoms with Crippen LogP contribution in [0.3, 0.4) is 0 Å². The maximum atomic E-state index is 14.4. The molecule has 1 aliphatic rings. The number of aliphatic hydroxyl groups is 1. The van der Waals surface area contributed by atoms with E-state index >= 15 is 0 Å². The number of hydrogen-bond donors (Lipinski definition) is 1. The number of carbonyl (C=O) groups is 2. The van der Waals surface area contributed by atoms with Gasteiger partial charge in [-0.05, 0) is 65.6 Å². The van der Waals surface area contributed by atoms with Crippen molar-refractivity contribution >= 4 is 11.7 Å². The molecule has 39 heavy (non-hydrogen) atoms. The SMILES string of the molecule is COc1cccc(CN2C(=O)C(O)=CC2(C(=O)c2ccc(OCC(C)C)cc2)c2ccc(OC)c(OC)c2)c1. The van der Waals surface area contributed by atoms with E-state index in [1.165, 1.54) is 25.2 Å². The Bertz CT molecular complexity index is 1380. The van der Waals surface area contributed by atoms with Gasteiger partial charge in [0.15, 0.2) is 28.6 Å². The Kier molecular flexibility index (Phi) is 8.14. The molecule has 1 atom stereocenters. The zero-order valence-corrected chi connectivity index (χ0v) is 22.8. The maximum Gasteiger partial charge on any atom is 0.290 e. The molecule has 0 saturated heterocycles. The second-order valence-electron chi connectivity index (χ2n) is 9.67. The number of methoxy groups -OCH3 is 3. The van der Waals surface area contributed by atoms with E-state index in [2.05, 4.69) is 13.8 Å². The number of aliphatic hydroxyl groups excluding tert-OH is 1. The van der Waals surface area contributed by atoms with E-state index in [9.17, 15) is 14.7 Å². The zero-order valence-electron chi connectivity index (χ0n) is 22.8. The van der Waals surface area contributed by atoms with Crippen LogP contribution in [-0.4, -0.2) is 49.6 Å². The fourth-order valence-electron chi connectivity index (χ4n) is 4.60. The third-order valence-electron chi connectivity index (χ3n) is 6.58. The summed E-state index contributed by atoms with van der Waals surface area (Å²) in [4.78, 5) is 29.2. The highest BCUT2D eigenvalue weighted by atomic mass is 16.5. The number of Topliss-reactive ketones (excluding diaryl/α,β-unsaturated/α-hetero) is 1. The average molecular weight is 532 g/mol. The lowest BCUT2D eigenvalue weighted by Crippen LogP contribution is -2.49. The zero-order chi connectivity index (χ0) is 28.2. The lowest BCUT2D eigenvalue weighted by Gasteiger charge is -2.37. The number of benzene rings is 3. The highest BCUT2D eigenvalue weighted by Gasteiger charge is 2.52. The van der Waals surface area contributed by atoms with Crippen molar-refractivity contribution in [2.75, 3.05) is 27.9 Å². The van der Waals surface area contributed by atoms with Crippen molar-refractivity contribution in [3.63, 3.8) is 0 Å². The quantitative estimate of drug-likeness (QED) is 0.335. The minimum atomic E-state index is -1.66. The molecular formula is C31H33NO7. The van der Waals surface area contributed by atoms with E-state index in [4.69, 9.17) is 18.9 Å². The minimum Gasteiger partial charge on any atom is -0.503 e. The van der Waals surface area contributed by atoms with Crippen molar-refractivity contribution < 1.29 is 33.6 Å². The van der Waals surface area contributed by atoms with Gasteiger partial charge >= 0.3 is 0 Å². The number of ether oxygens (including phenoxy) is 4. The van der Waals surface area contributed by atoms with Crippen molar-refractivity contribution in [2.24, 2.45) is 5.92 Å². The summed E-state index contributed by atoms with van der Waals surface area (Å²) >= 11 is 0. The normalized spacial score (nSPS) is 16.7. The van der Waals surface area contributed by atoms with Crippen LogP contribution in [0.25, 0.3) is 0 Å². The second kappa shape index (κ2) is 11.5. The Hall–Kier alpha value is -4.46. The molecule has 1 amide bonds. The molecule has 1 unspecified atom stereocenters. The lowest BCUT2D eigenvalue weighted by atomic mass is 9.81. The van der Waals surface area contributed by atoms with Crippen molar-refractivity contribution in [2.45, 2.75) is 25.9 Å². The molecule has 0 bridgehead atoms. The van der Waals surface area contributed by atoms with Crippen molar-refractivity contribution in [1.29, 1.82) is 0 Å². The number of carbonyl (C=O) groups excluding carboxylic acids is 2. The minimum absolute atomic E-state index is 0.0340. The fraction of sp³-hybridized carbons (Fsp3) is 0.290. The van der Waals surface area contributed by atoms with Gasteiger partial charge in [0, 0.05) is 18.2 Å². The Morgan fingerprint density at radius 1 is 0.897 bits per heavy atom. The molecule has 4 rings (SSSR count). The van der Waals surface area contributed by atoms with Gasteiger partial charge in [0.1, 0.15) is 11.5 Å². The largest absolute Gasteiger partial charge is 0.503 e. The molecule has 1 N–H and O–H groups in total. The monoisotopic (exact) mass is 531 g/mol. The van der Waals surface area contributed by atoms with Crippen LogP contribution >= 0.6 is 0 Å². The standard InChI is InChI=1S/C31H33NO7/c1-20(2)19-39-24-12-9-22(10-13-24)29(34)31(23-11-14-27(37-4)28(16-23)38-5)17-26(33)30(35)32(31)18-21-7-6-8-25(15-21)36-3/h6-17,20,33H,18-19H2,1-5H3. The summed E-state index contributed by atoms with van der Waals surface area (Å²) in [6.45, 7) is 4.68. The summed E-state index contributed by atoms with van der Waals surface area (Å²) in [5, 5.41) is 10.7. The molecule has 3 aromatic carbocycles. The van der Waals surface area contributed by atoms with Crippen molar-refractivity contribution in [3.8, 4) is 23.0 Å². The highest BCUT2D eigenvalue weighted by Crippen LogP contribution is 2.44. The Morgan fingerprint density at radius 2 is 1.62 bits per heavy atom. The van der Waals surface area contributed by atoms with E-state index in [0.717, 1.165) is 5.56 Å². The summed E-state index contributed by atoms with van der Waals surface area (Å²) in [6, 6.07) is 19.0. The molecule has 0 saturated carbocycles. The van der Waals surface area contributed by atoms with Gasteiger partial charge in [-0.2, -0.15) is 0 Å². The van der Waals surface area contributed by atoms with Crippen LogP contribution in [0.1, 0.15) is 35.3 Å².